The van der Waals surface area contributed by atoms with Crippen molar-refractivity contribution in [3.05, 3.63) is 0 Å². The standard InChI is InChI=1S/C12H22N2O4/c1-12(2,3)9(10(15)16)14-11(17)13-8-5-4-6-18-7-8/h8-9H,4-7H2,1-3H3,(H,15,16)(H2,13,14,17)/t8?,9-/m1/s1. The molecule has 2 amide bonds. The van der Waals surface area contributed by atoms with Crippen molar-refractivity contribution in [2.45, 2.75) is 45.7 Å². The average Bonchev–Trinajstić information content (AvgIpc) is 2.25. The van der Waals surface area contributed by atoms with Crippen molar-refractivity contribution in [2.75, 3.05) is 13.2 Å². The van der Waals surface area contributed by atoms with Crippen LogP contribution in [0.1, 0.15) is 33.6 Å². The maximum atomic E-state index is 11.7. The quantitative estimate of drug-likeness (QED) is 0.703. The maximum Gasteiger partial charge on any atom is 0.326 e. The van der Waals surface area contributed by atoms with Gasteiger partial charge >= 0.3 is 12.0 Å². The van der Waals surface area contributed by atoms with Gasteiger partial charge in [-0.05, 0) is 18.3 Å². The SMILES string of the molecule is CC(C)(C)[C@H](NC(=O)NC1CCCOC1)C(=O)O. The predicted molar refractivity (Wildman–Crippen MR) is 66.4 cm³/mol. The molecule has 1 aliphatic rings. The molecule has 3 N–H and O–H groups in total. The number of amides is 2. The Hall–Kier alpha value is -1.30. The van der Waals surface area contributed by atoms with Crippen LogP contribution in [0.3, 0.4) is 0 Å². The van der Waals surface area contributed by atoms with Crippen LogP contribution in [0.15, 0.2) is 0 Å². The number of carbonyl (C=O) groups excluding carboxylic acids is 1. The van der Waals surface area contributed by atoms with Crippen molar-refractivity contribution in [1.82, 2.24) is 10.6 Å². The first-order chi connectivity index (χ1) is 8.30. The molecule has 1 heterocycles. The molecule has 6 nitrogen and oxygen atoms in total. The van der Waals surface area contributed by atoms with Gasteiger partial charge in [-0.2, -0.15) is 0 Å². The number of hydrogen-bond donors (Lipinski definition) is 3. The van der Waals surface area contributed by atoms with Gasteiger partial charge in [-0.1, -0.05) is 20.8 Å². The zero-order chi connectivity index (χ0) is 13.8. The van der Waals surface area contributed by atoms with E-state index in [-0.39, 0.29) is 6.04 Å². The van der Waals surface area contributed by atoms with Crippen LogP contribution < -0.4 is 10.6 Å². The smallest absolute Gasteiger partial charge is 0.326 e. The second-order valence-corrected chi connectivity index (χ2v) is 5.67. The predicted octanol–water partition coefficient (Wildman–Crippen LogP) is 0.964. The third kappa shape index (κ3) is 4.52. The summed E-state index contributed by atoms with van der Waals surface area (Å²) in [7, 11) is 0. The van der Waals surface area contributed by atoms with Crippen LogP contribution in [0.2, 0.25) is 0 Å². The fourth-order valence-electron chi connectivity index (χ4n) is 1.86. The Kier molecular flexibility index (Phi) is 4.95. The fourth-order valence-corrected chi connectivity index (χ4v) is 1.86. The lowest BCUT2D eigenvalue weighted by Gasteiger charge is -2.29. The maximum absolute atomic E-state index is 11.7. The molecule has 104 valence electrons. The van der Waals surface area contributed by atoms with Crippen molar-refractivity contribution in [3.63, 3.8) is 0 Å². The van der Waals surface area contributed by atoms with Gasteiger partial charge in [-0.25, -0.2) is 9.59 Å². The van der Waals surface area contributed by atoms with Crippen molar-refractivity contribution in [3.8, 4) is 0 Å². The van der Waals surface area contributed by atoms with Crippen molar-refractivity contribution in [1.29, 1.82) is 0 Å². The molecule has 1 aliphatic heterocycles. The Balaban J connectivity index is 2.48. The molecule has 1 rings (SSSR count). The van der Waals surface area contributed by atoms with Crippen LogP contribution in [0.4, 0.5) is 4.79 Å². The van der Waals surface area contributed by atoms with Gasteiger partial charge in [0.15, 0.2) is 0 Å². The molecule has 1 fully saturated rings. The summed E-state index contributed by atoms with van der Waals surface area (Å²) in [6.45, 7) is 6.53. The molecular weight excluding hydrogens is 236 g/mol. The Morgan fingerprint density at radius 2 is 2.06 bits per heavy atom. The van der Waals surface area contributed by atoms with E-state index in [0.29, 0.717) is 6.61 Å². The second kappa shape index (κ2) is 6.04. The first kappa shape index (κ1) is 14.8. The van der Waals surface area contributed by atoms with Gasteiger partial charge in [0.05, 0.1) is 12.6 Å². The summed E-state index contributed by atoms with van der Waals surface area (Å²) in [6.07, 6.45) is 1.77. The Morgan fingerprint density at radius 1 is 1.39 bits per heavy atom. The van der Waals surface area contributed by atoms with Crippen LogP contribution >= 0.6 is 0 Å². The van der Waals surface area contributed by atoms with Crippen LogP contribution in [0.25, 0.3) is 0 Å². The third-order valence-corrected chi connectivity index (χ3v) is 2.88. The minimum Gasteiger partial charge on any atom is -0.480 e. The number of carboxylic acid groups (broad SMARTS) is 1. The number of ether oxygens (including phenoxy) is 1. The van der Waals surface area contributed by atoms with E-state index in [1.165, 1.54) is 0 Å². The van der Waals surface area contributed by atoms with Gasteiger partial charge in [0.2, 0.25) is 0 Å². The molecule has 0 bridgehead atoms. The van der Waals surface area contributed by atoms with E-state index in [1.807, 2.05) is 0 Å². The van der Waals surface area contributed by atoms with E-state index in [0.717, 1.165) is 19.4 Å². The van der Waals surface area contributed by atoms with Gasteiger partial charge < -0.3 is 20.5 Å². The van der Waals surface area contributed by atoms with E-state index in [2.05, 4.69) is 10.6 Å². The van der Waals surface area contributed by atoms with Crippen LogP contribution in [-0.2, 0) is 9.53 Å². The summed E-state index contributed by atoms with van der Waals surface area (Å²) in [6, 6.07) is -1.40. The Labute approximate surface area is 107 Å². The highest BCUT2D eigenvalue weighted by Crippen LogP contribution is 2.19. The van der Waals surface area contributed by atoms with Crippen LogP contribution in [0.5, 0.6) is 0 Å². The Morgan fingerprint density at radius 3 is 2.50 bits per heavy atom. The molecule has 1 unspecified atom stereocenters. The highest BCUT2D eigenvalue weighted by Gasteiger charge is 2.33. The molecule has 18 heavy (non-hydrogen) atoms. The number of hydrogen-bond acceptors (Lipinski definition) is 3. The van der Waals surface area contributed by atoms with Gasteiger partial charge in [0.25, 0.3) is 0 Å². The number of nitrogens with one attached hydrogen (secondary N) is 2. The highest BCUT2D eigenvalue weighted by molar-refractivity contribution is 5.83. The number of carbonyl (C=O) groups is 2. The van der Waals surface area contributed by atoms with Crippen molar-refractivity contribution >= 4 is 12.0 Å². The summed E-state index contributed by atoms with van der Waals surface area (Å²) in [5.41, 5.74) is -0.535. The van der Waals surface area contributed by atoms with Crippen LogP contribution in [0, 0.1) is 5.41 Å². The molecular formula is C12H22N2O4. The zero-order valence-electron chi connectivity index (χ0n) is 11.2. The van der Waals surface area contributed by atoms with Gasteiger partial charge in [0.1, 0.15) is 6.04 Å². The largest absolute Gasteiger partial charge is 0.480 e. The third-order valence-electron chi connectivity index (χ3n) is 2.88. The molecule has 1 saturated heterocycles. The van der Waals surface area contributed by atoms with E-state index >= 15 is 0 Å². The minimum absolute atomic E-state index is 0.0341. The molecule has 0 aromatic carbocycles. The number of aliphatic carboxylic acids is 1. The first-order valence-corrected chi connectivity index (χ1v) is 6.18. The van der Waals surface area contributed by atoms with Gasteiger partial charge in [0, 0.05) is 6.61 Å². The molecule has 0 aliphatic carbocycles. The molecule has 0 spiro atoms. The summed E-state index contributed by atoms with van der Waals surface area (Å²) >= 11 is 0. The van der Waals surface area contributed by atoms with Crippen molar-refractivity contribution < 1.29 is 19.4 Å². The summed E-state index contributed by atoms with van der Waals surface area (Å²) < 4.78 is 5.24. The van der Waals surface area contributed by atoms with E-state index in [1.54, 1.807) is 20.8 Å². The van der Waals surface area contributed by atoms with Crippen LogP contribution in [-0.4, -0.2) is 42.4 Å². The molecule has 2 atom stereocenters. The fraction of sp³-hybridized carbons (Fsp3) is 0.833. The molecule has 0 aromatic heterocycles. The molecule has 0 saturated carbocycles. The van der Waals surface area contributed by atoms with Gasteiger partial charge in [-0.15, -0.1) is 0 Å². The first-order valence-electron chi connectivity index (χ1n) is 6.18. The monoisotopic (exact) mass is 258 g/mol. The lowest BCUT2D eigenvalue weighted by atomic mass is 9.87. The van der Waals surface area contributed by atoms with E-state index < -0.39 is 23.5 Å². The van der Waals surface area contributed by atoms with Gasteiger partial charge in [-0.3, -0.25) is 0 Å². The highest BCUT2D eigenvalue weighted by atomic mass is 16.5. The van der Waals surface area contributed by atoms with Crippen molar-refractivity contribution in [2.24, 2.45) is 5.41 Å². The summed E-state index contributed by atoms with van der Waals surface area (Å²) in [4.78, 5) is 22.8. The lowest BCUT2D eigenvalue weighted by molar-refractivity contribution is -0.141. The number of carboxylic acids is 1. The molecule has 0 radical (unpaired) electrons. The Bertz CT molecular complexity index is 306. The average molecular weight is 258 g/mol. The summed E-state index contributed by atoms with van der Waals surface area (Å²) in [5, 5.41) is 14.3. The normalized spacial score (nSPS) is 22.1. The van der Waals surface area contributed by atoms with E-state index in [4.69, 9.17) is 9.84 Å². The second-order valence-electron chi connectivity index (χ2n) is 5.67. The number of rotatable bonds is 3. The van der Waals surface area contributed by atoms with E-state index in [9.17, 15) is 9.59 Å². The minimum atomic E-state index is -1.03. The molecule has 0 aromatic rings. The number of urea groups is 1. The zero-order valence-corrected chi connectivity index (χ0v) is 11.2. The topological polar surface area (TPSA) is 87.7 Å². The summed E-state index contributed by atoms with van der Waals surface area (Å²) in [5.74, 6) is -1.03. The lowest BCUT2D eigenvalue weighted by Crippen LogP contribution is -2.54. The molecule has 6 heteroatoms.